The maximum absolute atomic E-state index is 12.3. The van der Waals surface area contributed by atoms with Gasteiger partial charge < -0.3 is 10.6 Å². The third-order valence-electron chi connectivity index (χ3n) is 3.68. The first-order chi connectivity index (χ1) is 12.2. The Hall–Kier alpha value is -3.28. The van der Waals surface area contributed by atoms with Crippen LogP contribution < -0.4 is 10.6 Å². The summed E-state index contributed by atoms with van der Waals surface area (Å²) in [6.07, 6.45) is 5.96. The van der Waals surface area contributed by atoms with E-state index in [2.05, 4.69) is 32.5 Å². The monoisotopic (exact) mass is 333 g/mol. The average molecular weight is 333 g/mol. The molecule has 1 aromatic carbocycles. The zero-order chi connectivity index (χ0) is 17.5. The van der Waals surface area contributed by atoms with E-state index in [1.54, 1.807) is 24.7 Å². The van der Waals surface area contributed by atoms with E-state index in [1.807, 2.05) is 36.4 Å². The standard InChI is InChI=1S/C19H19N5O/c1-2-14-5-7-16(8-6-14)23-19-21-11-9-17(24-19)18(25)22-13-15-4-3-10-20-12-15/h3-12H,2,13H2,1H3,(H,22,25)(H,21,23,24). The molecule has 126 valence electrons. The lowest BCUT2D eigenvalue weighted by Gasteiger charge is -2.08. The lowest BCUT2D eigenvalue weighted by molar-refractivity contribution is 0.0946. The Labute approximate surface area is 146 Å². The maximum Gasteiger partial charge on any atom is 0.270 e. The summed E-state index contributed by atoms with van der Waals surface area (Å²) < 4.78 is 0. The highest BCUT2D eigenvalue weighted by Gasteiger charge is 2.09. The second-order valence-electron chi connectivity index (χ2n) is 5.48. The molecule has 0 aliphatic heterocycles. The molecule has 0 unspecified atom stereocenters. The molecule has 0 atom stereocenters. The fraction of sp³-hybridized carbons (Fsp3) is 0.158. The number of hydrogen-bond donors (Lipinski definition) is 2. The van der Waals surface area contributed by atoms with E-state index in [0.717, 1.165) is 17.7 Å². The van der Waals surface area contributed by atoms with Gasteiger partial charge in [-0.25, -0.2) is 9.97 Å². The van der Waals surface area contributed by atoms with E-state index < -0.39 is 0 Å². The molecule has 0 aliphatic carbocycles. The molecule has 2 N–H and O–H groups in total. The van der Waals surface area contributed by atoms with Crippen LogP contribution in [0.2, 0.25) is 0 Å². The van der Waals surface area contributed by atoms with Gasteiger partial charge in [-0.3, -0.25) is 9.78 Å². The first-order valence-corrected chi connectivity index (χ1v) is 8.10. The van der Waals surface area contributed by atoms with Gasteiger partial charge in [-0.15, -0.1) is 0 Å². The van der Waals surface area contributed by atoms with Crippen molar-refractivity contribution in [2.45, 2.75) is 19.9 Å². The Morgan fingerprint density at radius 2 is 1.88 bits per heavy atom. The quantitative estimate of drug-likeness (QED) is 0.724. The van der Waals surface area contributed by atoms with Crippen molar-refractivity contribution in [3.05, 3.63) is 77.9 Å². The summed E-state index contributed by atoms with van der Waals surface area (Å²) in [4.78, 5) is 24.7. The molecule has 3 rings (SSSR count). The summed E-state index contributed by atoms with van der Waals surface area (Å²) in [7, 11) is 0. The fourth-order valence-electron chi connectivity index (χ4n) is 2.27. The number of pyridine rings is 1. The van der Waals surface area contributed by atoms with Crippen LogP contribution in [-0.2, 0) is 13.0 Å². The molecule has 3 aromatic rings. The van der Waals surface area contributed by atoms with Gasteiger partial charge in [0.25, 0.3) is 5.91 Å². The Morgan fingerprint density at radius 3 is 2.60 bits per heavy atom. The summed E-state index contributed by atoms with van der Waals surface area (Å²) in [5.74, 6) is 0.133. The second-order valence-corrected chi connectivity index (χ2v) is 5.48. The smallest absolute Gasteiger partial charge is 0.270 e. The summed E-state index contributed by atoms with van der Waals surface area (Å²) >= 11 is 0. The molecule has 1 amide bonds. The number of anilines is 2. The molecule has 2 aromatic heterocycles. The van der Waals surface area contributed by atoms with Crippen molar-refractivity contribution in [3.8, 4) is 0 Å². The van der Waals surface area contributed by atoms with Crippen LogP contribution in [0.1, 0.15) is 28.5 Å². The average Bonchev–Trinajstić information content (AvgIpc) is 2.68. The summed E-state index contributed by atoms with van der Waals surface area (Å²) in [6.45, 7) is 2.51. The fourth-order valence-corrected chi connectivity index (χ4v) is 2.27. The van der Waals surface area contributed by atoms with Crippen LogP contribution >= 0.6 is 0 Å². The second kappa shape index (κ2) is 8.01. The number of hydrogen-bond acceptors (Lipinski definition) is 5. The van der Waals surface area contributed by atoms with E-state index in [0.29, 0.717) is 18.2 Å². The number of nitrogens with one attached hydrogen (secondary N) is 2. The topological polar surface area (TPSA) is 79.8 Å². The Balaban J connectivity index is 1.64. The summed E-state index contributed by atoms with van der Waals surface area (Å²) in [5, 5.41) is 5.94. The summed E-state index contributed by atoms with van der Waals surface area (Å²) in [5.41, 5.74) is 3.38. The van der Waals surface area contributed by atoms with Crippen LogP contribution in [0, 0.1) is 0 Å². The van der Waals surface area contributed by atoms with Gasteiger partial charge in [0.1, 0.15) is 5.69 Å². The predicted molar refractivity (Wildman–Crippen MR) is 96.5 cm³/mol. The Bertz CT molecular complexity index is 834. The first-order valence-electron chi connectivity index (χ1n) is 8.10. The molecule has 0 saturated heterocycles. The molecule has 6 heteroatoms. The molecule has 2 heterocycles. The zero-order valence-electron chi connectivity index (χ0n) is 13.9. The normalized spacial score (nSPS) is 10.3. The Morgan fingerprint density at radius 1 is 1.04 bits per heavy atom. The molecule has 0 radical (unpaired) electrons. The van der Waals surface area contributed by atoms with Crippen LogP contribution in [0.15, 0.2) is 61.1 Å². The third-order valence-corrected chi connectivity index (χ3v) is 3.68. The van der Waals surface area contributed by atoms with Gasteiger partial charge in [-0.2, -0.15) is 0 Å². The molecule has 0 saturated carbocycles. The van der Waals surface area contributed by atoms with Crippen molar-refractivity contribution >= 4 is 17.5 Å². The molecular formula is C19H19N5O. The van der Waals surface area contributed by atoms with Crippen LogP contribution in [0.4, 0.5) is 11.6 Å². The highest BCUT2D eigenvalue weighted by molar-refractivity contribution is 5.92. The summed E-state index contributed by atoms with van der Waals surface area (Å²) in [6, 6.07) is 13.4. The van der Waals surface area contributed by atoms with Crippen LogP contribution in [-0.4, -0.2) is 20.9 Å². The lowest BCUT2D eigenvalue weighted by atomic mass is 10.1. The van der Waals surface area contributed by atoms with E-state index >= 15 is 0 Å². The number of carbonyl (C=O) groups is 1. The number of amides is 1. The number of benzene rings is 1. The van der Waals surface area contributed by atoms with Gasteiger partial charge in [-0.1, -0.05) is 25.1 Å². The van der Waals surface area contributed by atoms with Gasteiger partial charge in [0.15, 0.2) is 0 Å². The van der Waals surface area contributed by atoms with Gasteiger partial charge in [-0.05, 0) is 41.8 Å². The highest BCUT2D eigenvalue weighted by Crippen LogP contribution is 2.14. The van der Waals surface area contributed by atoms with Gasteiger partial charge in [0, 0.05) is 30.8 Å². The lowest BCUT2D eigenvalue weighted by Crippen LogP contribution is -2.24. The molecule has 0 bridgehead atoms. The van der Waals surface area contributed by atoms with Crippen molar-refractivity contribution in [2.24, 2.45) is 0 Å². The predicted octanol–water partition coefficient (Wildman–Crippen LogP) is 3.11. The molecule has 0 spiro atoms. The van der Waals surface area contributed by atoms with Crippen molar-refractivity contribution in [1.29, 1.82) is 0 Å². The maximum atomic E-state index is 12.3. The van der Waals surface area contributed by atoms with Crippen LogP contribution in [0.5, 0.6) is 0 Å². The van der Waals surface area contributed by atoms with Crippen molar-refractivity contribution in [1.82, 2.24) is 20.3 Å². The van der Waals surface area contributed by atoms with E-state index in [1.165, 1.54) is 5.56 Å². The third kappa shape index (κ3) is 4.60. The van der Waals surface area contributed by atoms with Gasteiger partial charge >= 0.3 is 0 Å². The highest BCUT2D eigenvalue weighted by atomic mass is 16.1. The van der Waals surface area contributed by atoms with Crippen molar-refractivity contribution in [3.63, 3.8) is 0 Å². The minimum Gasteiger partial charge on any atom is -0.347 e. The number of carbonyl (C=O) groups excluding carboxylic acids is 1. The number of aryl methyl sites for hydroxylation is 1. The largest absolute Gasteiger partial charge is 0.347 e. The molecule has 0 aliphatic rings. The molecule has 0 fully saturated rings. The molecular weight excluding hydrogens is 314 g/mol. The van der Waals surface area contributed by atoms with Crippen LogP contribution in [0.3, 0.4) is 0 Å². The van der Waals surface area contributed by atoms with Gasteiger partial charge in [0.2, 0.25) is 5.95 Å². The van der Waals surface area contributed by atoms with E-state index in [-0.39, 0.29) is 5.91 Å². The van der Waals surface area contributed by atoms with Gasteiger partial charge in [0.05, 0.1) is 0 Å². The molecule has 25 heavy (non-hydrogen) atoms. The SMILES string of the molecule is CCc1ccc(Nc2nccc(C(=O)NCc3cccnc3)n2)cc1. The van der Waals surface area contributed by atoms with E-state index in [9.17, 15) is 4.79 Å². The minimum absolute atomic E-state index is 0.254. The minimum atomic E-state index is -0.254. The first kappa shape index (κ1) is 16.6. The number of nitrogens with zero attached hydrogens (tertiary/aromatic N) is 3. The number of aromatic nitrogens is 3. The van der Waals surface area contributed by atoms with E-state index in [4.69, 9.17) is 0 Å². The van der Waals surface area contributed by atoms with Crippen molar-refractivity contribution < 1.29 is 4.79 Å². The zero-order valence-corrected chi connectivity index (χ0v) is 13.9. The van der Waals surface area contributed by atoms with Crippen LogP contribution in [0.25, 0.3) is 0 Å². The number of rotatable bonds is 6. The Kier molecular flexibility index (Phi) is 5.31. The van der Waals surface area contributed by atoms with Crippen molar-refractivity contribution in [2.75, 3.05) is 5.32 Å². The molecule has 6 nitrogen and oxygen atoms in total.